The number of pyridine rings is 1. The molecule has 0 spiro atoms. The number of fused-ring (bicyclic) bond motifs is 1. The standard InChI is InChI=1S/C20H15N5O/c1-13-15(9-18(11-22)25(13)2)7-16(10-21)20(26)24-17-8-14-5-3-4-6-19(14)23-12-17/h3-9,12H,1-2H3,(H,24,26)/b16-7+. The van der Waals surface area contributed by atoms with Gasteiger partial charge in [0.25, 0.3) is 5.91 Å². The van der Waals surface area contributed by atoms with Gasteiger partial charge in [0.05, 0.1) is 17.4 Å². The second kappa shape index (κ2) is 6.92. The lowest BCUT2D eigenvalue weighted by Gasteiger charge is -2.05. The average molecular weight is 341 g/mol. The molecule has 0 atom stereocenters. The maximum absolute atomic E-state index is 12.5. The number of nitrogens with zero attached hydrogens (tertiary/aromatic N) is 4. The molecule has 0 aliphatic heterocycles. The van der Waals surface area contributed by atoms with E-state index in [1.54, 1.807) is 29.9 Å². The molecule has 3 rings (SSSR count). The van der Waals surface area contributed by atoms with Crippen LogP contribution in [0.15, 0.2) is 48.2 Å². The van der Waals surface area contributed by atoms with Crippen LogP contribution in [0.25, 0.3) is 17.0 Å². The Morgan fingerprint density at radius 1 is 1.27 bits per heavy atom. The molecule has 0 unspecified atom stereocenters. The number of hydrogen-bond acceptors (Lipinski definition) is 4. The van der Waals surface area contributed by atoms with E-state index in [4.69, 9.17) is 5.26 Å². The Bertz CT molecular complexity index is 1130. The number of nitrogens with one attached hydrogen (secondary N) is 1. The molecule has 1 aromatic carbocycles. The summed E-state index contributed by atoms with van der Waals surface area (Å²) in [6, 6.07) is 15.0. The van der Waals surface area contributed by atoms with Gasteiger partial charge in [-0.25, -0.2) is 0 Å². The highest BCUT2D eigenvalue weighted by Gasteiger charge is 2.13. The van der Waals surface area contributed by atoms with Crippen LogP contribution in [0.5, 0.6) is 0 Å². The number of amides is 1. The van der Waals surface area contributed by atoms with E-state index in [0.29, 0.717) is 16.9 Å². The zero-order valence-corrected chi connectivity index (χ0v) is 14.3. The smallest absolute Gasteiger partial charge is 0.266 e. The van der Waals surface area contributed by atoms with Crippen molar-refractivity contribution in [1.82, 2.24) is 9.55 Å². The SMILES string of the molecule is Cc1c(/C=C(\C#N)C(=O)Nc2cnc3ccccc3c2)cc(C#N)n1C. The molecule has 26 heavy (non-hydrogen) atoms. The topological polar surface area (TPSA) is 94.5 Å². The number of benzene rings is 1. The van der Waals surface area contributed by atoms with Gasteiger partial charge in [0.2, 0.25) is 0 Å². The molecule has 0 aliphatic rings. The maximum Gasteiger partial charge on any atom is 0.266 e. The number of para-hydroxylation sites is 1. The molecule has 2 heterocycles. The van der Waals surface area contributed by atoms with Gasteiger partial charge in [0.15, 0.2) is 0 Å². The van der Waals surface area contributed by atoms with Gasteiger partial charge in [0.1, 0.15) is 23.4 Å². The van der Waals surface area contributed by atoms with Crippen molar-refractivity contribution in [3.63, 3.8) is 0 Å². The quantitative estimate of drug-likeness (QED) is 0.584. The highest BCUT2D eigenvalue weighted by atomic mass is 16.1. The molecule has 0 aliphatic carbocycles. The second-order valence-corrected chi connectivity index (χ2v) is 5.78. The van der Waals surface area contributed by atoms with Crippen molar-refractivity contribution < 1.29 is 4.79 Å². The second-order valence-electron chi connectivity index (χ2n) is 5.78. The fourth-order valence-corrected chi connectivity index (χ4v) is 2.62. The number of hydrogen-bond donors (Lipinski definition) is 1. The van der Waals surface area contributed by atoms with Crippen molar-refractivity contribution in [2.75, 3.05) is 5.32 Å². The van der Waals surface area contributed by atoms with Crippen molar-refractivity contribution >= 4 is 28.6 Å². The zero-order chi connectivity index (χ0) is 18.7. The molecular weight excluding hydrogens is 326 g/mol. The summed E-state index contributed by atoms with van der Waals surface area (Å²) in [5.41, 5.74) is 3.21. The molecule has 3 aromatic rings. The van der Waals surface area contributed by atoms with E-state index in [9.17, 15) is 10.1 Å². The van der Waals surface area contributed by atoms with E-state index in [2.05, 4.69) is 16.4 Å². The third-order valence-electron chi connectivity index (χ3n) is 4.20. The van der Waals surface area contributed by atoms with Crippen LogP contribution in [0.4, 0.5) is 5.69 Å². The van der Waals surface area contributed by atoms with Crippen molar-refractivity contribution in [1.29, 1.82) is 10.5 Å². The Morgan fingerprint density at radius 2 is 2.04 bits per heavy atom. The number of carbonyl (C=O) groups is 1. The third-order valence-corrected chi connectivity index (χ3v) is 4.20. The van der Waals surface area contributed by atoms with Gasteiger partial charge in [0, 0.05) is 18.1 Å². The van der Waals surface area contributed by atoms with Gasteiger partial charge in [-0.1, -0.05) is 18.2 Å². The summed E-state index contributed by atoms with van der Waals surface area (Å²) in [4.78, 5) is 16.7. The first-order valence-electron chi connectivity index (χ1n) is 7.88. The van der Waals surface area contributed by atoms with Gasteiger partial charge in [-0.3, -0.25) is 9.78 Å². The molecule has 126 valence electrons. The van der Waals surface area contributed by atoms with Gasteiger partial charge in [-0.05, 0) is 36.8 Å². The monoisotopic (exact) mass is 341 g/mol. The van der Waals surface area contributed by atoms with Crippen molar-refractivity contribution in [3.8, 4) is 12.1 Å². The van der Waals surface area contributed by atoms with Gasteiger partial charge < -0.3 is 9.88 Å². The van der Waals surface area contributed by atoms with Crippen LogP contribution < -0.4 is 5.32 Å². The van der Waals surface area contributed by atoms with E-state index in [1.807, 2.05) is 37.3 Å². The highest BCUT2D eigenvalue weighted by molar-refractivity contribution is 6.10. The minimum atomic E-state index is -0.522. The molecule has 0 bridgehead atoms. The van der Waals surface area contributed by atoms with E-state index >= 15 is 0 Å². The summed E-state index contributed by atoms with van der Waals surface area (Å²) in [6.45, 7) is 1.83. The van der Waals surface area contributed by atoms with Crippen LogP contribution >= 0.6 is 0 Å². The van der Waals surface area contributed by atoms with Crippen LogP contribution in [-0.4, -0.2) is 15.5 Å². The number of aromatic nitrogens is 2. The predicted octanol–water partition coefficient (Wildman–Crippen LogP) is 3.30. The van der Waals surface area contributed by atoms with Crippen LogP contribution in [0, 0.1) is 29.6 Å². The van der Waals surface area contributed by atoms with Gasteiger partial charge in [-0.15, -0.1) is 0 Å². The summed E-state index contributed by atoms with van der Waals surface area (Å²) < 4.78 is 1.71. The van der Waals surface area contributed by atoms with E-state index in [0.717, 1.165) is 16.6 Å². The summed E-state index contributed by atoms with van der Waals surface area (Å²) in [5.74, 6) is -0.522. The number of carbonyl (C=O) groups excluding carboxylic acids is 1. The fraction of sp³-hybridized carbons (Fsp3) is 0.100. The van der Waals surface area contributed by atoms with Gasteiger partial charge in [-0.2, -0.15) is 10.5 Å². The first-order valence-corrected chi connectivity index (χ1v) is 7.88. The van der Waals surface area contributed by atoms with Crippen molar-refractivity contribution in [2.24, 2.45) is 7.05 Å². The Morgan fingerprint density at radius 3 is 2.73 bits per heavy atom. The molecule has 6 heteroatoms. The maximum atomic E-state index is 12.5. The lowest BCUT2D eigenvalue weighted by molar-refractivity contribution is -0.112. The fourth-order valence-electron chi connectivity index (χ4n) is 2.62. The molecule has 0 fully saturated rings. The third kappa shape index (κ3) is 3.17. The summed E-state index contributed by atoms with van der Waals surface area (Å²) >= 11 is 0. The molecule has 2 aromatic heterocycles. The lowest BCUT2D eigenvalue weighted by Crippen LogP contribution is -2.13. The Balaban J connectivity index is 1.89. The van der Waals surface area contributed by atoms with Crippen LogP contribution in [0.1, 0.15) is 17.0 Å². The minimum absolute atomic E-state index is 0.0450. The molecule has 1 amide bonds. The molecular formula is C20H15N5O. The first kappa shape index (κ1) is 16.9. The van der Waals surface area contributed by atoms with Crippen LogP contribution in [-0.2, 0) is 11.8 Å². The van der Waals surface area contributed by atoms with Crippen molar-refractivity contribution in [2.45, 2.75) is 6.92 Å². The van der Waals surface area contributed by atoms with Crippen LogP contribution in [0.3, 0.4) is 0 Å². The predicted molar refractivity (Wildman–Crippen MR) is 98.8 cm³/mol. The number of anilines is 1. The average Bonchev–Trinajstić information content (AvgIpc) is 2.93. The molecule has 1 N–H and O–H groups in total. The highest BCUT2D eigenvalue weighted by Crippen LogP contribution is 2.19. The van der Waals surface area contributed by atoms with Gasteiger partial charge >= 0.3 is 0 Å². The Labute approximate surface area is 150 Å². The number of rotatable bonds is 3. The van der Waals surface area contributed by atoms with E-state index in [1.165, 1.54) is 6.08 Å². The normalized spacial score (nSPS) is 11.0. The summed E-state index contributed by atoms with van der Waals surface area (Å²) in [6.07, 6.45) is 3.04. The van der Waals surface area contributed by atoms with Crippen LogP contribution in [0.2, 0.25) is 0 Å². The van der Waals surface area contributed by atoms with Crippen molar-refractivity contribution in [3.05, 3.63) is 65.1 Å². The molecule has 0 saturated carbocycles. The van der Waals surface area contributed by atoms with E-state index in [-0.39, 0.29) is 5.57 Å². The number of nitriles is 2. The zero-order valence-electron chi connectivity index (χ0n) is 14.3. The molecule has 0 radical (unpaired) electrons. The lowest BCUT2D eigenvalue weighted by atomic mass is 10.1. The summed E-state index contributed by atoms with van der Waals surface area (Å²) in [5, 5.41) is 22.1. The Kier molecular flexibility index (Phi) is 4.51. The largest absolute Gasteiger partial charge is 0.339 e. The van der Waals surface area contributed by atoms with E-state index < -0.39 is 5.91 Å². The Hall–Kier alpha value is -3.90. The minimum Gasteiger partial charge on any atom is -0.339 e. The molecule has 6 nitrogen and oxygen atoms in total. The summed E-state index contributed by atoms with van der Waals surface area (Å²) in [7, 11) is 1.76. The molecule has 0 saturated heterocycles. The first-order chi connectivity index (χ1) is 12.5.